The van der Waals surface area contributed by atoms with Gasteiger partial charge in [-0.05, 0) is 43.1 Å². The number of benzene rings is 1. The van der Waals surface area contributed by atoms with Crippen LogP contribution in [0.2, 0.25) is 0 Å². The fourth-order valence-corrected chi connectivity index (χ4v) is 2.77. The number of hydrazine groups is 1. The summed E-state index contributed by atoms with van der Waals surface area (Å²) in [7, 11) is 0. The highest BCUT2D eigenvalue weighted by atomic mass is 32.1. The molecular weight excluding hydrogens is 354 g/mol. The minimum Gasteiger partial charge on any atom is -0.331 e. The van der Waals surface area contributed by atoms with E-state index in [2.05, 4.69) is 28.4 Å². The Labute approximate surface area is 157 Å². The van der Waals surface area contributed by atoms with Crippen molar-refractivity contribution in [1.29, 1.82) is 0 Å². The number of urea groups is 1. The number of aryl methyl sites for hydroxylation is 2. The van der Waals surface area contributed by atoms with E-state index >= 15 is 0 Å². The minimum atomic E-state index is -0.413. The molecule has 140 valence electrons. The number of anilines is 1. The second kappa shape index (κ2) is 9.14. The number of carbonyl (C=O) groups excluding carboxylic acids is 3. The number of hydrogen-bond acceptors (Lipinski definition) is 4. The highest BCUT2D eigenvalue weighted by Gasteiger charge is 2.27. The van der Waals surface area contributed by atoms with Crippen molar-refractivity contribution in [3.05, 3.63) is 29.3 Å². The van der Waals surface area contributed by atoms with Crippen LogP contribution < -0.4 is 21.5 Å². The SMILES string of the molecule is CCc1cccc(C)c1NC(=S)NNC(=O)CCCN1C(=O)CNC1=O. The fraction of sp³-hybridized carbons (Fsp3) is 0.412. The number of nitrogens with one attached hydrogen (secondary N) is 4. The molecule has 0 saturated carbocycles. The number of para-hydroxylation sites is 1. The Hall–Kier alpha value is -2.68. The van der Waals surface area contributed by atoms with Crippen molar-refractivity contribution < 1.29 is 14.4 Å². The monoisotopic (exact) mass is 377 g/mol. The number of carbonyl (C=O) groups is 3. The number of nitrogens with zero attached hydrogens (tertiary/aromatic N) is 1. The molecule has 1 aromatic rings. The first-order valence-electron chi connectivity index (χ1n) is 8.45. The summed E-state index contributed by atoms with van der Waals surface area (Å²) in [4.78, 5) is 35.8. The van der Waals surface area contributed by atoms with Gasteiger partial charge in [0.05, 0.1) is 6.54 Å². The van der Waals surface area contributed by atoms with Gasteiger partial charge < -0.3 is 10.6 Å². The molecule has 0 atom stereocenters. The van der Waals surface area contributed by atoms with E-state index in [4.69, 9.17) is 12.2 Å². The summed E-state index contributed by atoms with van der Waals surface area (Å²) in [5, 5.41) is 5.82. The van der Waals surface area contributed by atoms with E-state index in [1.165, 1.54) is 0 Å². The largest absolute Gasteiger partial charge is 0.331 e. The fourth-order valence-electron chi connectivity index (χ4n) is 2.62. The molecule has 1 heterocycles. The molecule has 1 fully saturated rings. The van der Waals surface area contributed by atoms with Crippen LogP contribution in [0.4, 0.5) is 10.5 Å². The molecule has 0 aliphatic carbocycles. The zero-order chi connectivity index (χ0) is 19.1. The molecule has 4 N–H and O–H groups in total. The zero-order valence-corrected chi connectivity index (χ0v) is 15.7. The molecule has 2 rings (SSSR count). The minimum absolute atomic E-state index is 0.0190. The predicted molar refractivity (Wildman–Crippen MR) is 102 cm³/mol. The van der Waals surface area contributed by atoms with E-state index < -0.39 is 6.03 Å². The van der Waals surface area contributed by atoms with Crippen molar-refractivity contribution >= 4 is 40.9 Å². The lowest BCUT2D eigenvalue weighted by Crippen LogP contribution is -2.44. The van der Waals surface area contributed by atoms with Gasteiger partial charge in [0, 0.05) is 18.7 Å². The summed E-state index contributed by atoms with van der Waals surface area (Å²) in [5.74, 6) is -0.550. The van der Waals surface area contributed by atoms with E-state index in [9.17, 15) is 14.4 Å². The molecule has 26 heavy (non-hydrogen) atoms. The lowest BCUT2D eigenvalue weighted by molar-refractivity contribution is -0.126. The Morgan fingerprint density at radius 2 is 2.08 bits per heavy atom. The topological polar surface area (TPSA) is 103 Å². The number of imide groups is 1. The zero-order valence-electron chi connectivity index (χ0n) is 14.8. The van der Waals surface area contributed by atoms with E-state index in [1.54, 1.807) is 0 Å². The van der Waals surface area contributed by atoms with Gasteiger partial charge in [0.25, 0.3) is 0 Å². The average molecular weight is 377 g/mol. The highest BCUT2D eigenvalue weighted by Crippen LogP contribution is 2.20. The molecule has 0 spiro atoms. The van der Waals surface area contributed by atoms with Crippen LogP contribution >= 0.6 is 12.2 Å². The standard InChI is InChI=1S/C17H23N5O3S/c1-3-12-7-4-6-11(2)15(12)19-16(26)21-20-13(23)8-5-9-22-14(24)10-18-17(22)25/h4,6-7H,3,5,8-10H2,1-2H3,(H,18,25)(H,20,23)(H2,19,21,26). The Bertz CT molecular complexity index is 706. The van der Waals surface area contributed by atoms with Crippen LogP contribution in [0.25, 0.3) is 0 Å². The molecule has 1 aromatic carbocycles. The Balaban J connectivity index is 1.73. The third-order valence-corrected chi connectivity index (χ3v) is 4.22. The maximum atomic E-state index is 11.9. The number of rotatable bonds is 6. The molecule has 8 nitrogen and oxygen atoms in total. The molecular formula is C17H23N5O3S. The van der Waals surface area contributed by atoms with Gasteiger partial charge in [0.15, 0.2) is 5.11 Å². The number of thiocarbonyl (C=S) groups is 1. The molecule has 1 saturated heterocycles. The summed E-state index contributed by atoms with van der Waals surface area (Å²) < 4.78 is 0. The van der Waals surface area contributed by atoms with Crippen molar-refractivity contribution in [2.75, 3.05) is 18.4 Å². The number of hydrogen-bond donors (Lipinski definition) is 4. The molecule has 1 aliphatic heterocycles. The molecule has 4 amide bonds. The molecule has 0 unspecified atom stereocenters. The summed E-state index contributed by atoms with van der Waals surface area (Å²) in [6, 6.07) is 5.58. The van der Waals surface area contributed by atoms with Crippen LogP contribution in [-0.4, -0.2) is 40.9 Å². The van der Waals surface area contributed by atoms with E-state index in [1.807, 2.05) is 25.1 Å². The van der Waals surface area contributed by atoms with Crippen LogP contribution in [0.15, 0.2) is 18.2 Å². The van der Waals surface area contributed by atoms with Crippen molar-refractivity contribution in [2.45, 2.75) is 33.1 Å². The maximum absolute atomic E-state index is 11.9. The highest BCUT2D eigenvalue weighted by molar-refractivity contribution is 7.80. The normalized spacial score (nSPS) is 13.4. The summed E-state index contributed by atoms with van der Waals surface area (Å²) in [5.41, 5.74) is 8.30. The Morgan fingerprint density at radius 3 is 2.73 bits per heavy atom. The lowest BCUT2D eigenvalue weighted by atomic mass is 10.1. The van der Waals surface area contributed by atoms with Gasteiger partial charge in [-0.15, -0.1) is 0 Å². The van der Waals surface area contributed by atoms with E-state index in [-0.39, 0.29) is 36.4 Å². The second-order valence-corrected chi connectivity index (χ2v) is 6.31. The van der Waals surface area contributed by atoms with Gasteiger partial charge in [0.2, 0.25) is 11.8 Å². The molecule has 9 heteroatoms. The summed E-state index contributed by atoms with van der Waals surface area (Å²) in [6.45, 7) is 4.27. The number of amides is 4. The van der Waals surface area contributed by atoms with Crippen molar-refractivity contribution in [2.24, 2.45) is 0 Å². The quantitative estimate of drug-likeness (QED) is 0.338. The van der Waals surface area contributed by atoms with Crippen molar-refractivity contribution in [1.82, 2.24) is 21.1 Å². The van der Waals surface area contributed by atoms with Crippen LogP contribution in [-0.2, 0) is 16.0 Å². The van der Waals surface area contributed by atoms with E-state index in [0.717, 1.165) is 28.1 Å². The van der Waals surface area contributed by atoms with E-state index in [0.29, 0.717) is 6.42 Å². The second-order valence-electron chi connectivity index (χ2n) is 5.90. The van der Waals surface area contributed by atoms with Crippen LogP contribution in [0.5, 0.6) is 0 Å². The van der Waals surface area contributed by atoms with Crippen LogP contribution in [0, 0.1) is 6.92 Å². The molecule has 0 radical (unpaired) electrons. The molecule has 0 aromatic heterocycles. The third-order valence-electron chi connectivity index (χ3n) is 4.02. The summed E-state index contributed by atoms with van der Waals surface area (Å²) >= 11 is 5.21. The van der Waals surface area contributed by atoms with Gasteiger partial charge in [-0.25, -0.2) is 4.79 Å². The Kier molecular flexibility index (Phi) is 6.90. The Morgan fingerprint density at radius 1 is 1.31 bits per heavy atom. The predicted octanol–water partition coefficient (Wildman–Crippen LogP) is 1.21. The van der Waals surface area contributed by atoms with Gasteiger partial charge in [-0.3, -0.25) is 25.3 Å². The first-order chi connectivity index (χ1) is 12.4. The maximum Gasteiger partial charge on any atom is 0.324 e. The van der Waals surface area contributed by atoms with Crippen molar-refractivity contribution in [3.8, 4) is 0 Å². The first-order valence-corrected chi connectivity index (χ1v) is 8.85. The van der Waals surface area contributed by atoms with Crippen molar-refractivity contribution in [3.63, 3.8) is 0 Å². The third kappa shape index (κ3) is 5.16. The molecule has 1 aliphatic rings. The first kappa shape index (κ1) is 19.6. The summed E-state index contributed by atoms with van der Waals surface area (Å²) in [6.07, 6.45) is 1.41. The van der Waals surface area contributed by atoms with Gasteiger partial charge in [-0.1, -0.05) is 25.1 Å². The smallest absolute Gasteiger partial charge is 0.324 e. The van der Waals surface area contributed by atoms with Gasteiger partial charge in [-0.2, -0.15) is 0 Å². The van der Waals surface area contributed by atoms with Gasteiger partial charge in [0.1, 0.15) is 0 Å². The average Bonchev–Trinajstić information content (AvgIpc) is 2.93. The van der Waals surface area contributed by atoms with Crippen LogP contribution in [0.3, 0.4) is 0 Å². The van der Waals surface area contributed by atoms with Crippen LogP contribution in [0.1, 0.15) is 30.9 Å². The van der Waals surface area contributed by atoms with Gasteiger partial charge >= 0.3 is 6.03 Å². The lowest BCUT2D eigenvalue weighted by Gasteiger charge is -2.16. The molecule has 0 bridgehead atoms.